The van der Waals surface area contributed by atoms with Gasteiger partial charge < -0.3 is 4.90 Å². The number of halogens is 2. The highest BCUT2D eigenvalue weighted by Crippen LogP contribution is 2.22. The molecule has 0 aromatic heterocycles. The zero-order valence-corrected chi connectivity index (χ0v) is 17.0. The minimum absolute atomic E-state index is 0.00667. The topological polar surface area (TPSA) is 66.5 Å². The molecular formula is C21H18ClFN2O3S. The average molecular weight is 433 g/mol. The van der Waals surface area contributed by atoms with Crippen LogP contribution in [0.1, 0.15) is 15.9 Å². The highest BCUT2D eigenvalue weighted by Gasteiger charge is 2.17. The highest BCUT2D eigenvalue weighted by atomic mass is 35.5. The molecular weight excluding hydrogens is 415 g/mol. The summed E-state index contributed by atoms with van der Waals surface area (Å²) in [5.74, 6) is -0.829. The van der Waals surface area contributed by atoms with Crippen LogP contribution in [0.25, 0.3) is 0 Å². The van der Waals surface area contributed by atoms with Crippen molar-refractivity contribution in [1.82, 2.24) is 4.90 Å². The van der Waals surface area contributed by atoms with Gasteiger partial charge in [0.25, 0.3) is 15.9 Å². The molecule has 8 heteroatoms. The van der Waals surface area contributed by atoms with Gasteiger partial charge in [-0.15, -0.1) is 0 Å². The summed E-state index contributed by atoms with van der Waals surface area (Å²) in [6, 6.07) is 18.3. The van der Waals surface area contributed by atoms with Crippen LogP contribution < -0.4 is 4.72 Å². The second-order valence-electron chi connectivity index (χ2n) is 6.36. The normalized spacial score (nSPS) is 11.1. The van der Waals surface area contributed by atoms with Gasteiger partial charge in [-0.05, 0) is 48.5 Å². The van der Waals surface area contributed by atoms with E-state index in [1.165, 1.54) is 60.5 Å². The van der Waals surface area contributed by atoms with E-state index in [1.807, 2.05) is 0 Å². The summed E-state index contributed by atoms with van der Waals surface area (Å²) in [7, 11) is -2.18. The van der Waals surface area contributed by atoms with Gasteiger partial charge in [0.1, 0.15) is 5.82 Å². The predicted molar refractivity (Wildman–Crippen MR) is 111 cm³/mol. The summed E-state index contributed by atoms with van der Waals surface area (Å²) >= 11 is 6.01. The molecule has 0 heterocycles. The molecule has 1 amide bonds. The highest BCUT2D eigenvalue weighted by molar-refractivity contribution is 7.92. The number of sulfonamides is 1. The number of nitrogens with one attached hydrogen (secondary N) is 1. The second kappa shape index (κ2) is 8.63. The van der Waals surface area contributed by atoms with Crippen molar-refractivity contribution >= 4 is 33.2 Å². The Balaban J connectivity index is 1.72. The molecule has 3 aromatic rings. The van der Waals surface area contributed by atoms with Crippen LogP contribution in [0.3, 0.4) is 0 Å². The number of benzene rings is 3. The Kier molecular flexibility index (Phi) is 6.20. The fraction of sp³-hybridized carbons (Fsp3) is 0.0952. The van der Waals surface area contributed by atoms with Crippen LogP contribution in [0, 0.1) is 5.82 Å². The monoisotopic (exact) mass is 432 g/mol. The maximum absolute atomic E-state index is 13.9. The van der Waals surface area contributed by atoms with Gasteiger partial charge in [-0.3, -0.25) is 9.52 Å². The third-order valence-electron chi connectivity index (χ3n) is 4.24. The van der Waals surface area contributed by atoms with E-state index >= 15 is 0 Å². The van der Waals surface area contributed by atoms with E-state index in [-0.39, 0.29) is 27.9 Å². The van der Waals surface area contributed by atoms with Crippen LogP contribution in [0.15, 0.2) is 77.7 Å². The molecule has 0 spiro atoms. The summed E-state index contributed by atoms with van der Waals surface area (Å²) in [4.78, 5) is 14.1. The van der Waals surface area contributed by atoms with Crippen molar-refractivity contribution in [3.63, 3.8) is 0 Å². The fourth-order valence-electron chi connectivity index (χ4n) is 2.71. The molecule has 0 aliphatic heterocycles. The van der Waals surface area contributed by atoms with Gasteiger partial charge in [-0.1, -0.05) is 35.9 Å². The lowest BCUT2D eigenvalue weighted by molar-refractivity contribution is 0.0784. The van der Waals surface area contributed by atoms with Gasteiger partial charge in [-0.2, -0.15) is 0 Å². The largest absolute Gasteiger partial charge is 0.337 e. The van der Waals surface area contributed by atoms with E-state index in [0.29, 0.717) is 11.3 Å². The van der Waals surface area contributed by atoms with Gasteiger partial charge in [0, 0.05) is 35.4 Å². The first-order chi connectivity index (χ1) is 13.8. The van der Waals surface area contributed by atoms with Crippen LogP contribution in [0.4, 0.5) is 10.1 Å². The Labute approximate surface area is 173 Å². The molecule has 150 valence electrons. The first kappa shape index (κ1) is 20.8. The van der Waals surface area contributed by atoms with Crippen LogP contribution >= 0.6 is 11.6 Å². The average Bonchev–Trinajstić information content (AvgIpc) is 2.71. The van der Waals surface area contributed by atoms with Crippen molar-refractivity contribution < 1.29 is 17.6 Å². The molecule has 0 saturated heterocycles. The molecule has 0 radical (unpaired) electrons. The number of hydrogen-bond donors (Lipinski definition) is 1. The SMILES string of the molecule is CN(Cc1c(F)cccc1Cl)C(=O)c1ccc(NS(=O)(=O)c2ccccc2)cc1. The number of rotatable bonds is 6. The molecule has 0 fully saturated rings. The van der Waals surface area contributed by atoms with Crippen molar-refractivity contribution in [2.24, 2.45) is 0 Å². The van der Waals surface area contributed by atoms with Gasteiger partial charge in [0.15, 0.2) is 0 Å². The van der Waals surface area contributed by atoms with Gasteiger partial charge in [0.2, 0.25) is 0 Å². The first-order valence-electron chi connectivity index (χ1n) is 8.64. The zero-order valence-electron chi connectivity index (χ0n) is 15.5. The Bertz CT molecular complexity index is 1100. The summed E-state index contributed by atoms with van der Waals surface area (Å²) in [5, 5.41) is 0.246. The molecule has 3 rings (SSSR count). The number of carbonyl (C=O) groups is 1. The van der Waals surface area contributed by atoms with Crippen molar-refractivity contribution in [3.05, 3.63) is 94.8 Å². The van der Waals surface area contributed by atoms with Gasteiger partial charge in [0.05, 0.1) is 4.90 Å². The maximum atomic E-state index is 13.9. The third-order valence-corrected chi connectivity index (χ3v) is 5.99. The number of amides is 1. The summed E-state index contributed by atoms with van der Waals surface area (Å²) < 4.78 is 41.1. The predicted octanol–water partition coefficient (Wildman–Crippen LogP) is 4.55. The second-order valence-corrected chi connectivity index (χ2v) is 8.45. The number of nitrogens with zero attached hydrogens (tertiary/aromatic N) is 1. The lowest BCUT2D eigenvalue weighted by atomic mass is 10.1. The van der Waals surface area contributed by atoms with E-state index in [9.17, 15) is 17.6 Å². The Morgan fingerprint density at radius 1 is 1.00 bits per heavy atom. The zero-order chi connectivity index (χ0) is 21.0. The lowest BCUT2D eigenvalue weighted by Gasteiger charge is -2.19. The van der Waals surface area contributed by atoms with Crippen LogP contribution in [0.2, 0.25) is 5.02 Å². The smallest absolute Gasteiger partial charge is 0.261 e. The van der Waals surface area contributed by atoms with Crippen molar-refractivity contribution in [3.8, 4) is 0 Å². The molecule has 29 heavy (non-hydrogen) atoms. The molecule has 0 aliphatic carbocycles. The van der Waals surface area contributed by atoms with Crippen molar-refractivity contribution in [2.45, 2.75) is 11.4 Å². The molecule has 0 atom stereocenters. The molecule has 0 unspecified atom stereocenters. The van der Waals surface area contributed by atoms with Crippen molar-refractivity contribution in [2.75, 3.05) is 11.8 Å². The van der Waals surface area contributed by atoms with Gasteiger partial charge >= 0.3 is 0 Å². The minimum Gasteiger partial charge on any atom is -0.337 e. The number of carbonyl (C=O) groups excluding carboxylic acids is 1. The lowest BCUT2D eigenvalue weighted by Crippen LogP contribution is -2.26. The number of hydrogen-bond acceptors (Lipinski definition) is 3. The van der Waals surface area contributed by atoms with Crippen molar-refractivity contribution in [1.29, 1.82) is 0 Å². The molecule has 0 aliphatic rings. The summed E-state index contributed by atoms with van der Waals surface area (Å²) in [6.07, 6.45) is 0. The summed E-state index contributed by atoms with van der Waals surface area (Å²) in [5.41, 5.74) is 0.894. The quantitative estimate of drug-likeness (QED) is 0.621. The number of anilines is 1. The fourth-order valence-corrected chi connectivity index (χ4v) is 4.01. The van der Waals surface area contributed by atoms with Crippen LogP contribution in [-0.4, -0.2) is 26.3 Å². The maximum Gasteiger partial charge on any atom is 0.261 e. The first-order valence-corrected chi connectivity index (χ1v) is 10.5. The molecule has 0 bridgehead atoms. The van der Waals surface area contributed by atoms with Gasteiger partial charge in [-0.25, -0.2) is 12.8 Å². The Morgan fingerprint density at radius 2 is 1.66 bits per heavy atom. The van der Waals surface area contributed by atoms with E-state index in [1.54, 1.807) is 24.3 Å². The Morgan fingerprint density at radius 3 is 2.28 bits per heavy atom. The third kappa shape index (κ3) is 4.93. The van der Waals surface area contributed by atoms with E-state index in [2.05, 4.69) is 4.72 Å². The van der Waals surface area contributed by atoms with Crippen LogP contribution in [-0.2, 0) is 16.6 Å². The molecule has 3 aromatic carbocycles. The minimum atomic E-state index is -3.71. The summed E-state index contributed by atoms with van der Waals surface area (Å²) in [6.45, 7) is 0.00667. The standard InChI is InChI=1S/C21H18ClFN2O3S/c1-25(14-18-19(22)8-5-9-20(18)23)21(26)15-10-12-16(13-11-15)24-29(27,28)17-6-3-2-4-7-17/h2-13,24H,14H2,1H3. The van der Waals surface area contributed by atoms with E-state index < -0.39 is 15.8 Å². The van der Waals surface area contributed by atoms with E-state index in [4.69, 9.17) is 11.6 Å². The molecule has 5 nitrogen and oxygen atoms in total. The Hall–Kier alpha value is -2.90. The molecule has 0 saturated carbocycles. The van der Waals surface area contributed by atoms with E-state index in [0.717, 1.165) is 0 Å². The molecule has 1 N–H and O–H groups in total. The van der Waals surface area contributed by atoms with Crippen LogP contribution in [0.5, 0.6) is 0 Å².